The monoisotopic (exact) mass is 385 g/mol. The number of hydrogen-bond donors (Lipinski definition) is 0. The Bertz CT molecular complexity index is 970. The number of esters is 1. The highest BCUT2D eigenvalue weighted by atomic mass is 32.2. The first-order valence-electron chi connectivity index (χ1n) is 8.13. The minimum Gasteiger partial charge on any atom is -0.454 e. The van der Waals surface area contributed by atoms with Gasteiger partial charge in [-0.3, -0.25) is 4.79 Å². The molecule has 0 atom stereocenters. The minimum atomic E-state index is -0.612. The van der Waals surface area contributed by atoms with E-state index >= 15 is 0 Å². The second-order valence-corrected chi connectivity index (χ2v) is 6.74. The van der Waals surface area contributed by atoms with Crippen LogP contribution in [-0.2, 0) is 10.5 Å². The molecule has 5 nitrogen and oxygen atoms in total. The first kappa shape index (κ1) is 18.8. The summed E-state index contributed by atoms with van der Waals surface area (Å²) < 4.78 is 23.3. The Labute approximate surface area is 159 Å². The van der Waals surface area contributed by atoms with Gasteiger partial charge in [0.05, 0.1) is 11.3 Å². The van der Waals surface area contributed by atoms with Crippen LogP contribution in [0.4, 0.5) is 4.39 Å². The van der Waals surface area contributed by atoms with Gasteiger partial charge in [-0.25, -0.2) is 9.18 Å². The number of aromatic nitrogens is 1. The van der Waals surface area contributed by atoms with Crippen LogP contribution in [0.1, 0.15) is 32.2 Å². The van der Waals surface area contributed by atoms with Crippen LogP contribution < -0.4 is 0 Å². The SMILES string of the molecule is Cc1cc(CSc2ccccc2C(=O)OCC(=O)c2cccc(F)c2)no1. The summed E-state index contributed by atoms with van der Waals surface area (Å²) in [6.45, 7) is 1.35. The Morgan fingerprint density at radius 3 is 2.70 bits per heavy atom. The Morgan fingerprint density at radius 1 is 1.15 bits per heavy atom. The van der Waals surface area contributed by atoms with Gasteiger partial charge in [0.1, 0.15) is 11.6 Å². The number of hydrogen-bond acceptors (Lipinski definition) is 6. The van der Waals surface area contributed by atoms with Crippen LogP contribution >= 0.6 is 11.8 Å². The minimum absolute atomic E-state index is 0.159. The van der Waals surface area contributed by atoms with Crippen molar-refractivity contribution in [1.29, 1.82) is 0 Å². The van der Waals surface area contributed by atoms with Gasteiger partial charge in [0.25, 0.3) is 0 Å². The molecule has 1 heterocycles. The number of nitrogens with zero attached hydrogens (tertiary/aromatic N) is 1. The summed E-state index contributed by atoms with van der Waals surface area (Å²) in [6, 6.07) is 14.0. The van der Waals surface area contributed by atoms with Crippen LogP contribution in [-0.4, -0.2) is 23.5 Å². The lowest BCUT2D eigenvalue weighted by molar-refractivity contribution is 0.0471. The molecule has 0 bridgehead atoms. The summed E-state index contributed by atoms with van der Waals surface area (Å²) in [5, 5.41) is 3.92. The molecular formula is C20H16FNO4S. The van der Waals surface area contributed by atoms with E-state index in [9.17, 15) is 14.0 Å². The van der Waals surface area contributed by atoms with Gasteiger partial charge < -0.3 is 9.26 Å². The molecule has 27 heavy (non-hydrogen) atoms. The molecule has 0 amide bonds. The summed E-state index contributed by atoms with van der Waals surface area (Å²) in [4.78, 5) is 25.2. The van der Waals surface area contributed by atoms with Crippen LogP contribution in [0.3, 0.4) is 0 Å². The lowest BCUT2D eigenvalue weighted by Crippen LogP contribution is -2.15. The first-order chi connectivity index (χ1) is 13.0. The maximum absolute atomic E-state index is 13.2. The fourth-order valence-corrected chi connectivity index (χ4v) is 3.27. The van der Waals surface area contributed by atoms with Crippen molar-refractivity contribution in [2.24, 2.45) is 0 Å². The van der Waals surface area contributed by atoms with Crippen molar-refractivity contribution >= 4 is 23.5 Å². The normalized spacial score (nSPS) is 10.6. The van der Waals surface area contributed by atoms with Crippen LogP contribution in [0.2, 0.25) is 0 Å². The average molecular weight is 385 g/mol. The van der Waals surface area contributed by atoms with Gasteiger partial charge in [0.15, 0.2) is 12.4 Å². The van der Waals surface area contributed by atoms with Crippen LogP contribution in [0.25, 0.3) is 0 Å². The van der Waals surface area contributed by atoms with Gasteiger partial charge in [0, 0.05) is 22.3 Å². The van der Waals surface area contributed by atoms with Crippen molar-refractivity contribution in [1.82, 2.24) is 5.16 Å². The fourth-order valence-electron chi connectivity index (χ4n) is 2.35. The van der Waals surface area contributed by atoms with Gasteiger partial charge in [-0.05, 0) is 31.2 Å². The Hall–Kier alpha value is -2.93. The van der Waals surface area contributed by atoms with Gasteiger partial charge in [-0.2, -0.15) is 0 Å². The second-order valence-electron chi connectivity index (χ2n) is 5.72. The predicted molar refractivity (Wildman–Crippen MR) is 98.3 cm³/mol. The van der Waals surface area contributed by atoms with Gasteiger partial charge in [0.2, 0.25) is 0 Å². The summed E-state index contributed by atoms with van der Waals surface area (Å²) in [5.41, 5.74) is 1.28. The Kier molecular flexibility index (Phi) is 6.03. The smallest absolute Gasteiger partial charge is 0.339 e. The van der Waals surface area contributed by atoms with Crippen molar-refractivity contribution in [2.45, 2.75) is 17.6 Å². The van der Waals surface area contributed by atoms with E-state index < -0.39 is 24.2 Å². The highest BCUT2D eigenvalue weighted by Gasteiger charge is 2.16. The number of rotatable bonds is 7. The molecule has 7 heteroatoms. The molecule has 0 N–H and O–H groups in total. The standard InChI is InChI=1S/C20H16FNO4S/c1-13-9-16(22-26-13)12-27-19-8-3-2-7-17(19)20(24)25-11-18(23)14-5-4-6-15(21)10-14/h2-10H,11-12H2,1H3. The van der Waals surface area contributed by atoms with Crippen LogP contribution in [0, 0.1) is 12.7 Å². The topological polar surface area (TPSA) is 69.4 Å². The zero-order valence-electron chi connectivity index (χ0n) is 14.5. The number of carbonyl (C=O) groups excluding carboxylic acids is 2. The van der Waals surface area contributed by atoms with E-state index in [-0.39, 0.29) is 5.56 Å². The van der Waals surface area contributed by atoms with Crippen LogP contribution in [0.5, 0.6) is 0 Å². The molecule has 0 saturated carbocycles. The van der Waals surface area contributed by atoms with E-state index in [1.165, 1.54) is 30.0 Å². The summed E-state index contributed by atoms with van der Waals surface area (Å²) in [5.74, 6) is -0.347. The van der Waals surface area contributed by atoms with Gasteiger partial charge in [-0.1, -0.05) is 29.4 Å². The second kappa shape index (κ2) is 8.64. The maximum Gasteiger partial charge on any atom is 0.339 e. The van der Waals surface area contributed by atoms with Crippen LogP contribution in [0.15, 0.2) is 64.0 Å². The zero-order chi connectivity index (χ0) is 19.2. The Balaban J connectivity index is 1.63. The molecule has 138 valence electrons. The highest BCUT2D eigenvalue weighted by molar-refractivity contribution is 7.98. The van der Waals surface area contributed by atoms with Crippen molar-refractivity contribution in [3.05, 3.63) is 83.0 Å². The number of carbonyl (C=O) groups is 2. The first-order valence-corrected chi connectivity index (χ1v) is 9.11. The maximum atomic E-state index is 13.2. The van der Waals surface area contributed by atoms with Crippen molar-refractivity contribution in [2.75, 3.05) is 6.61 Å². The number of thioether (sulfide) groups is 1. The van der Waals surface area contributed by atoms with E-state index in [0.29, 0.717) is 22.0 Å². The third-order valence-corrected chi connectivity index (χ3v) is 4.75. The predicted octanol–water partition coefficient (Wildman–Crippen LogP) is 4.45. The molecule has 0 aliphatic rings. The molecule has 0 aliphatic heterocycles. The molecule has 1 aromatic heterocycles. The highest BCUT2D eigenvalue weighted by Crippen LogP contribution is 2.26. The van der Waals surface area contributed by atoms with E-state index in [4.69, 9.17) is 9.26 Å². The van der Waals surface area contributed by atoms with E-state index in [0.717, 1.165) is 11.8 Å². The number of ketones is 1. The molecular weight excluding hydrogens is 369 g/mol. The lowest BCUT2D eigenvalue weighted by atomic mass is 10.1. The van der Waals surface area contributed by atoms with Crippen molar-refractivity contribution in [3.8, 4) is 0 Å². The van der Waals surface area contributed by atoms with Crippen molar-refractivity contribution < 1.29 is 23.2 Å². The summed E-state index contributed by atoms with van der Waals surface area (Å²) in [7, 11) is 0. The largest absolute Gasteiger partial charge is 0.454 e. The third kappa shape index (κ3) is 5.04. The Morgan fingerprint density at radius 2 is 1.96 bits per heavy atom. The summed E-state index contributed by atoms with van der Waals surface area (Å²) >= 11 is 1.42. The molecule has 0 radical (unpaired) electrons. The summed E-state index contributed by atoms with van der Waals surface area (Å²) in [6.07, 6.45) is 0. The molecule has 0 unspecified atom stereocenters. The quantitative estimate of drug-likeness (QED) is 0.340. The molecule has 0 fully saturated rings. The van der Waals surface area contributed by atoms with E-state index in [1.54, 1.807) is 18.2 Å². The molecule has 0 aliphatic carbocycles. The van der Waals surface area contributed by atoms with E-state index in [1.807, 2.05) is 19.1 Å². The van der Waals surface area contributed by atoms with E-state index in [2.05, 4.69) is 5.16 Å². The fraction of sp³-hybridized carbons (Fsp3) is 0.150. The zero-order valence-corrected chi connectivity index (χ0v) is 15.3. The molecule has 2 aromatic carbocycles. The van der Waals surface area contributed by atoms with Gasteiger partial charge in [-0.15, -0.1) is 11.8 Å². The number of aryl methyl sites for hydroxylation is 1. The molecule has 0 spiro atoms. The number of benzene rings is 2. The van der Waals surface area contributed by atoms with Gasteiger partial charge >= 0.3 is 5.97 Å². The number of ether oxygens (including phenoxy) is 1. The van der Waals surface area contributed by atoms with Crippen molar-refractivity contribution in [3.63, 3.8) is 0 Å². The number of halogens is 1. The molecule has 3 rings (SSSR count). The lowest BCUT2D eigenvalue weighted by Gasteiger charge is -2.08. The third-order valence-electron chi connectivity index (χ3n) is 3.64. The molecule has 0 saturated heterocycles. The molecule has 3 aromatic rings. The number of Topliss-reactive ketones (excluding diaryl/α,β-unsaturated/α-hetero) is 1. The average Bonchev–Trinajstić information content (AvgIpc) is 3.09.